The quantitative estimate of drug-likeness (QED) is 0.666. The van der Waals surface area contributed by atoms with Crippen LogP contribution in [0.1, 0.15) is 19.0 Å². The largest absolute Gasteiger partial charge is 0.350 e. The van der Waals surface area contributed by atoms with Crippen LogP contribution in [0.15, 0.2) is 10.2 Å². The molecule has 0 fully saturated rings. The van der Waals surface area contributed by atoms with Gasteiger partial charge >= 0.3 is 4.87 Å². The zero-order chi connectivity index (χ0) is 11.3. The van der Waals surface area contributed by atoms with E-state index in [1.807, 2.05) is 6.92 Å². The molecule has 0 spiro atoms. The monoisotopic (exact) mass is 229 g/mol. The smallest absolute Gasteiger partial charge is 0.304 e. The minimum Gasteiger partial charge on any atom is -0.350 e. The fourth-order valence-corrected chi connectivity index (χ4v) is 1.72. The molecule has 0 aliphatic carbocycles. The van der Waals surface area contributed by atoms with E-state index in [4.69, 9.17) is 5.73 Å². The molecule has 0 aliphatic heterocycles. The number of carbonyl (C=O) groups excluding carboxylic acids is 1. The van der Waals surface area contributed by atoms with Crippen LogP contribution in [-0.2, 0) is 11.3 Å². The first-order valence-electron chi connectivity index (χ1n) is 4.78. The van der Waals surface area contributed by atoms with E-state index in [-0.39, 0.29) is 16.7 Å². The summed E-state index contributed by atoms with van der Waals surface area (Å²) < 4.78 is 0. The molecule has 1 aromatic rings. The molecule has 5 nitrogen and oxygen atoms in total. The van der Waals surface area contributed by atoms with Gasteiger partial charge in [-0.3, -0.25) is 9.59 Å². The number of amides is 1. The van der Waals surface area contributed by atoms with Crippen molar-refractivity contribution in [1.29, 1.82) is 0 Å². The van der Waals surface area contributed by atoms with Gasteiger partial charge in [0.05, 0.1) is 6.54 Å². The molecule has 0 aromatic carbocycles. The Morgan fingerprint density at radius 3 is 3.00 bits per heavy atom. The van der Waals surface area contributed by atoms with Gasteiger partial charge in [0, 0.05) is 17.0 Å². The third kappa shape index (κ3) is 3.85. The van der Waals surface area contributed by atoms with E-state index >= 15 is 0 Å². The molecule has 6 heteroatoms. The van der Waals surface area contributed by atoms with E-state index in [1.54, 1.807) is 5.38 Å². The number of nitrogens with one attached hydrogen (secondary N) is 2. The predicted molar refractivity (Wildman–Crippen MR) is 59.6 cm³/mol. The van der Waals surface area contributed by atoms with Gasteiger partial charge in [0.25, 0.3) is 0 Å². The summed E-state index contributed by atoms with van der Waals surface area (Å²) in [5, 5.41) is 4.44. The van der Waals surface area contributed by atoms with Gasteiger partial charge in [-0.15, -0.1) is 0 Å². The minimum absolute atomic E-state index is 0.0347. The van der Waals surface area contributed by atoms with Crippen LogP contribution >= 0.6 is 11.3 Å². The molecule has 1 unspecified atom stereocenters. The molecule has 0 radical (unpaired) electrons. The van der Waals surface area contributed by atoms with Crippen LogP contribution in [0.25, 0.3) is 0 Å². The van der Waals surface area contributed by atoms with E-state index in [1.165, 1.54) is 0 Å². The van der Waals surface area contributed by atoms with Gasteiger partial charge in [0.1, 0.15) is 0 Å². The van der Waals surface area contributed by atoms with Gasteiger partial charge in [0.2, 0.25) is 5.91 Å². The highest BCUT2D eigenvalue weighted by atomic mass is 32.1. The summed E-state index contributed by atoms with van der Waals surface area (Å²) in [5.74, 6) is -0.118. The predicted octanol–water partition coefficient (Wildman–Crippen LogP) is 0.0375. The fraction of sp³-hybridized carbons (Fsp3) is 0.556. The Balaban J connectivity index is 2.37. The van der Waals surface area contributed by atoms with Crippen LogP contribution in [0.2, 0.25) is 0 Å². The van der Waals surface area contributed by atoms with Gasteiger partial charge in [-0.05, 0) is 13.0 Å². The summed E-state index contributed by atoms with van der Waals surface area (Å²) in [6.45, 7) is 2.70. The standard InChI is InChI=1S/C9H15N3O2S/c1-6(2-3-10)8(13)11-4-7-5-15-9(14)12-7/h5-6H,2-4,10H2,1H3,(H,11,13)(H,12,14). The second-order valence-corrected chi connectivity index (χ2v) is 4.21. The lowest BCUT2D eigenvalue weighted by Crippen LogP contribution is -2.30. The second kappa shape index (κ2) is 5.67. The third-order valence-corrected chi connectivity index (χ3v) is 2.79. The minimum atomic E-state index is -0.103. The second-order valence-electron chi connectivity index (χ2n) is 3.37. The van der Waals surface area contributed by atoms with E-state index in [2.05, 4.69) is 10.3 Å². The first-order valence-corrected chi connectivity index (χ1v) is 5.66. The molecule has 15 heavy (non-hydrogen) atoms. The number of aromatic nitrogens is 1. The number of nitrogens with two attached hydrogens (primary N) is 1. The van der Waals surface area contributed by atoms with Crippen molar-refractivity contribution >= 4 is 17.2 Å². The van der Waals surface area contributed by atoms with E-state index < -0.39 is 0 Å². The lowest BCUT2D eigenvalue weighted by Gasteiger charge is -2.09. The Morgan fingerprint density at radius 2 is 2.47 bits per heavy atom. The summed E-state index contributed by atoms with van der Waals surface area (Å²) in [6.07, 6.45) is 0.673. The normalized spacial score (nSPS) is 12.4. The van der Waals surface area contributed by atoms with Crippen molar-refractivity contribution < 1.29 is 4.79 Å². The van der Waals surface area contributed by atoms with Crippen molar-refractivity contribution in [2.24, 2.45) is 11.7 Å². The summed E-state index contributed by atoms with van der Waals surface area (Å²) >= 11 is 1.09. The van der Waals surface area contributed by atoms with Gasteiger partial charge in [-0.25, -0.2) is 0 Å². The summed E-state index contributed by atoms with van der Waals surface area (Å²) in [5.41, 5.74) is 6.09. The van der Waals surface area contributed by atoms with Crippen LogP contribution in [-0.4, -0.2) is 17.4 Å². The van der Waals surface area contributed by atoms with Crippen LogP contribution in [0.4, 0.5) is 0 Å². The number of rotatable bonds is 5. The van der Waals surface area contributed by atoms with Gasteiger partial charge in [-0.1, -0.05) is 18.3 Å². The van der Waals surface area contributed by atoms with Crippen molar-refractivity contribution in [1.82, 2.24) is 10.3 Å². The summed E-state index contributed by atoms with van der Waals surface area (Å²) in [7, 11) is 0. The van der Waals surface area contributed by atoms with E-state index in [9.17, 15) is 9.59 Å². The maximum absolute atomic E-state index is 11.5. The Morgan fingerprint density at radius 1 is 1.73 bits per heavy atom. The highest BCUT2D eigenvalue weighted by molar-refractivity contribution is 7.07. The zero-order valence-corrected chi connectivity index (χ0v) is 9.39. The lowest BCUT2D eigenvalue weighted by atomic mass is 10.1. The Bertz CT molecular complexity index is 371. The first-order chi connectivity index (χ1) is 7.13. The first kappa shape index (κ1) is 11.9. The molecule has 1 rings (SSSR count). The highest BCUT2D eigenvalue weighted by Gasteiger charge is 2.11. The maximum Gasteiger partial charge on any atom is 0.304 e. The number of aromatic amines is 1. The molecular weight excluding hydrogens is 214 g/mol. The van der Waals surface area contributed by atoms with Crippen LogP contribution < -0.4 is 15.9 Å². The van der Waals surface area contributed by atoms with Crippen molar-refractivity contribution in [2.45, 2.75) is 19.9 Å². The molecule has 0 saturated heterocycles. The number of H-pyrrole nitrogens is 1. The van der Waals surface area contributed by atoms with Crippen LogP contribution in [0.5, 0.6) is 0 Å². The molecule has 84 valence electrons. The van der Waals surface area contributed by atoms with Gasteiger partial charge < -0.3 is 16.0 Å². The Hall–Kier alpha value is -1.14. The van der Waals surface area contributed by atoms with Crippen molar-refractivity contribution in [3.63, 3.8) is 0 Å². The van der Waals surface area contributed by atoms with Crippen LogP contribution in [0.3, 0.4) is 0 Å². The average Bonchev–Trinajstić information content (AvgIpc) is 2.61. The third-order valence-electron chi connectivity index (χ3n) is 2.07. The van der Waals surface area contributed by atoms with Gasteiger partial charge in [0.15, 0.2) is 0 Å². The van der Waals surface area contributed by atoms with Crippen LogP contribution in [0, 0.1) is 5.92 Å². The van der Waals surface area contributed by atoms with Crippen molar-refractivity contribution in [2.75, 3.05) is 6.54 Å². The highest BCUT2D eigenvalue weighted by Crippen LogP contribution is 2.01. The number of carbonyl (C=O) groups is 1. The van der Waals surface area contributed by atoms with Crippen molar-refractivity contribution in [3.8, 4) is 0 Å². The topological polar surface area (TPSA) is 88.0 Å². The van der Waals surface area contributed by atoms with Crippen molar-refractivity contribution in [3.05, 3.63) is 20.7 Å². The molecule has 1 aromatic heterocycles. The summed E-state index contributed by atoms with van der Waals surface area (Å²) in [6, 6.07) is 0. The zero-order valence-electron chi connectivity index (χ0n) is 8.58. The molecule has 1 atom stereocenters. The van der Waals surface area contributed by atoms with E-state index in [0.717, 1.165) is 17.0 Å². The molecule has 1 heterocycles. The molecule has 0 bridgehead atoms. The fourth-order valence-electron chi connectivity index (χ4n) is 1.14. The number of hydrogen-bond acceptors (Lipinski definition) is 4. The maximum atomic E-state index is 11.5. The average molecular weight is 229 g/mol. The molecule has 4 N–H and O–H groups in total. The Kier molecular flexibility index (Phi) is 4.51. The summed E-state index contributed by atoms with van der Waals surface area (Å²) in [4.78, 5) is 24.8. The van der Waals surface area contributed by atoms with Gasteiger partial charge in [-0.2, -0.15) is 0 Å². The Labute approximate surface area is 91.7 Å². The number of hydrogen-bond donors (Lipinski definition) is 3. The molecule has 0 aliphatic rings. The molecular formula is C9H15N3O2S. The number of thiazole rings is 1. The molecule has 0 saturated carbocycles. The molecule has 1 amide bonds. The lowest BCUT2D eigenvalue weighted by molar-refractivity contribution is -0.124. The SMILES string of the molecule is CC(CCN)C(=O)NCc1csc(=O)[nH]1. The van der Waals surface area contributed by atoms with E-state index in [0.29, 0.717) is 19.5 Å².